The summed E-state index contributed by atoms with van der Waals surface area (Å²) in [4.78, 5) is 11.3. The molecule has 1 aliphatic carbocycles. The molecule has 8 heteroatoms. The van der Waals surface area contributed by atoms with Crippen LogP contribution < -0.4 is 10.0 Å². The standard InChI is InChI=1S/C15H22N4O2S2/c1-2-23(20,21)19-9-5-8-16-14-13-11-6-3-4-7-12(11)22-15(13)18-10-17-14/h10,19H,2-9H2,1H3,(H,16,17,18). The van der Waals surface area contributed by atoms with E-state index in [0.29, 0.717) is 13.1 Å². The maximum Gasteiger partial charge on any atom is 0.211 e. The number of thiophene rings is 1. The lowest BCUT2D eigenvalue weighted by atomic mass is 9.97. The molecule has 0 fully saturated rings. The first-order chi connectivity index (χ1) is 11.1. The minimum atomic E-state index is -3.10. The van der Waals surface area contributed by atoms with Crippen LogP contribution in [0.5, 0.6) is 0 Å². The Kier molecular flexibility index (Phi) is 5.13. The first kappa shape index (κ1) is 16.6. The number of aromatic nitrogens is 2. The fraction of sp³-hybridized carbons (Fsp3) is 0.600. The van der Waals surface area contributed by atoms with Crippen LogP contribution in [0, 0.1) is 0 Å². The van der Waals surface area contributed by atoms with Gasteiger partial charge in [-0.05, 0) is 44.6 Å². The molecular weight excluding hydrogens is 332 g/mol. The highest BCUT2D eigenvalue weighted by Gasteiger charge is 2.19. The molecule has 2 aromatic rings. The first-order valence-corrected chi connectivity index (χ1v) is 10.5. The first-order valence-electron chi connectivity index (χ1n) is 8.07. The smallest absolute Gasteiger partial charge is 0.211 e. The van der Waals surface area contributed by atoms with E-state index >= 15 is 0 Å². The summed E-state index contributed by atoms with van der Waals surface area (Å²) in [7, 11) is -3.10. The zero-order valence-electron chi connectivity index (χ0n) is 13.3. The molecule has 0 amide bonds. The van der Waals surface area contributed by atoms with Gasteiger partial charge in [-0.2, -0.15) is 0 Å². The van der Waals surface area contributed by atoms with Gasteiger partial charge in [0.1, 0.15) is 17.0 Å². The van der Waals surface area contributed by atoms with Crippen LogP contribution in [-0.4, -0.2) is 37.2 Å². The number of fused-ring (bicyclic) bond motifs is 3. The average Bonchev–Trinajstić information content (AvgIpc) is 2.93. The Morgan fingerprint density at radius 2 is 2.04 bits per heavy atom. The molecule has 0 bridgehead atoms. The number of aryl methyl sites for hydroxylation is 2. The minimum absolute atomic E-state index is 0.119. The van der Waals surface area contributed by atoms with Crippen LogP contribution in [0.1, 0.15) is 36.6 Å². The molecular formula is C15H22N4O2S2. The van der Waals surface area contributed by atoms with E-state index in [0.717, 1.165) is 29.9 Å². The molecule has 23 heavy (non-hydrogen) atoms. The van der Waals surface area contributed by atoms with Gasteiger partial charge in [0.15, 0.2) is 0 Å². The number of rotatable bonds is 7. The van der Waals surface area contributed by atoms with E-state index < -0.39 is 10.0 Å². The van der Waals surface area contributed by atoms with E-state index in [1.54, 1.807) is 24.6 Å². The highest BCUT2D eigenvalue weighted by molar-refractivity contribution is 7.89. The molecule has 6 nitrogen and oxygen atoms in total. The van der Waals surface area contributed by atoms with E-state index in [1.165, 1.54) is 28.7 Å². The summed E-state index contributed by atoms with van der Waals surface area (Å²) in [5, 5.41) is 4.52. The van der Waals surface area contributed by atoms with Gasteiger partial charge in [0.25, 0.3) is 0 Å². The lowest BCUT2D eigenvalue weighted by Crippen LogP contribution is -2.27. The summed E-state index contributed by atoms with van der Waals surface area (Å²) < 4.78 is 25.3. The van der Waals surface area contributed by atoms with Gasteiger partial charge in [0.2, 0.25) is 10.0 Å². The van der Waals surface area contributed by atoms with E-state index in [2.05, 4.69) is 20.0 Å². The van der Waals surface area contributed by atoms with Crippen molar-refractivity contribution in [2.24, 2.45) is 0 Å². The molecule has 0 spiro atoms. The number of anilines is 1. The molecule has 1 aliphatic rings. The topological polar surface area (TPSA) is 84.0 Å². The highest BCUT2D eigenvalue weighted by atomic mass is 32.2. The summed E-state index contributed by atoms with van der Waals surface area (Å²) >= 11 is 1.78. The van der Waals surface area contributed by atoms with Crippen LogP contribution in [0.4, 0.5) is 5.82 Å². The number of nitrogens with zero attached hydrogens (tertiary/aromatic N) is 2. The van der Waals surface area contributed by atoms with Gasteiger partial charge >= 0.3 is 0 Å². The predicted molar refractivity (Wildman–Crippen MR) is 94.6 cm³/mol. The monoisotopic (exact) mass is 354 g/mol. The second-order valence-corrected chi connectivity index (χ2v) is 8.87. The van der Waals surface area contributed by atoms with Crippen molar-refractivity contribution in [2.75, 3.05) is 24.2 Å². The maximum absolute atomic E-state index is 11.4. The zero-order valence-corrected chi connectivity index (χ0v) is 14.9. The van der Waals surface area contributed by atoms with Crippen molar-refractivity contribution in [2.45, 2.75) is 39.0 Å². The second-order valence-electron chi connectivity index (χ2n) is 5.69. The van der Waals surface area contributed by atoms with E-state index in [1.807, 2.05) is 0 Å². The Labute approximate surface area is 140 Å². The fourth-order valence-electron chi connectivity index (χ4n) is 2.85. The molecule has 2 heterocycles. The molecule has 2 N–H and O–H groups in total. The maximum atomic E-state index is 11.4. The molecule has 0 saturated carbocycles. The van der Waals surface area contributed by atoms with Gasteiger partial charge in [0, 0.05) is 18.0 Å². The van der Waals surface area contributed by atoms with Crippen LogP contribution in [0.15, 0.2) is 6.33 Å². The third-order valence-corrected chi connectivity index (χ3v) is 6.70. The summed E-state index contributed by atoms with van der Waals surface area (Å²) in [6.45, 7) is 2.76. The largest absolute Gasteiger partial charge is 0.369 e. The normalized spacial score (nSPS) is 14.8. The third kappa shape index (κ3) is 3.81. The van der Waals surface area contributed by atoms with Gasteiger partial charge in [0.05, 0.1) is 11.1 Å². The van der Waals surface area contributed by atoms with Crippen molar-refractivity contribution in [3.8, 4) is 0 Å². The number of hydrogen-bond donors (Lipinski definition) is 2. The van der Waals surface area contributed by atoms with Crippen LogP contribution in [0.2, 0.25) is 0 Å². The Hall–Kier alpha value is -1.25. The third-order valence-electron chi connectivity index (χ3n) is 4.10. The quantitative estimate of drug-likeness (QED) is 0.746. The van der Waals surface area contributed by atoms with Crippen LogP contribution in [0.25, 0.3) is 10.2 Å². The number of sulfonamides is 1. The van der Waals surface area contributed by atoms with E-state index in [-0.39, 0.29) is 5.75 Å². The van der Waals surface area contributed by atoms with E-state index in [4.69, 9.17) is 0 Å². The summed E-state index contributed by atoms with van der Waals surface area (Å²) in [5.41, 5.74) is 1.41. The summed E-state index contributed by atoms with van der Waals surface area (Å²) in [6.07, 6.45) is 7.06. The number of hydrogen-bond acceptors (Lipinski definition) is 6. The Morgan fingerprint density at radius 1 is 1.22 bits per heavy atom. The molecule has 0 atom stereocenters. The lowest BCUT2D eigenvalue weighted by molar-refractivity contribution is 0.581. The lowest BCUT2D eigenvalue weighted by Gasteiger charge is -2.12. The zero-order chi connectivity index (χ0) is 16.3. The Balaban J connectivity index is 1.65. The molecule has 3 rings (SSSR count). The molecule has 0 aliphatic heterocycles. The molecule has 0 aromatic carbocycles. The molecule has 2 aromatic heterocycles. The van der Waals surface area contributed by atoms with Gasteiger partial charge in [-0.25, -0.2) is 23.1 Å². The SMILES string of the molecule is CCS(=O)(=O)NCCCNc1ncnc2sc3c(c12)CCCC3. The Bertz CT molecular complexity index is 786. The molecule has 0 radical (unpaired) electrons. The van der Waals surface area contributed by atoms with Crippen molar-refractivity contribution in [1.29, 1.82) is 0 Å². The molecule has 0 unspecified atom stereocenters. The average molecular weight is 355 g/mol. The predicted octanol–water partition coefficient (Wildman–Crippen LogP) is 2.31. The van der Waals surface area contributed by atoms with Gasteiger partial charge in [-0.15, -0.1) is 11.3 Å². The van der Waals surface area contributed by atoms with Crippen LogP contribution in [-0.2, 0) is 22.9 Å². The van der Waals surface area contributed by atoms with Crippen molar-refractivity contribution in [1.82, 2.24) is 14.7 Å². The fourth-order valence-corrected chi connectivity index (χ4v) is 4.74. The van der Waals surface area contributed by atoms with Gasteiger partial charge in [-0.3, -0.25) is 0 Å². The van der Waals surface area contributed by atoms with Crippen LogP contribution in [0.3, 0.4) is 0 Å². The summed E-state index contributed by atoms with van der Waals surface area (Å²) in [6, 6.07) is 0. The highest BCUT2D eigenvalue weighted by Crippen LogP contribution is 2.37. The van der Waals surface area contributed by atoms with Gasteiger partial charge in [-0.1, -0.05) is 0 Å². The Morgan fingerprint density at radius 3 is 2.87 bits per heavy atom. The minimum Gasteiger partial charge on any atom is -0.369 e. The van der Waals surface area contributed by atoms with Crippen molar-refractivity contribution >= 4 is 37.4 Å². The van der Waals surface area contributed by atoms with Crippen molar-refractivity contribution in [3.63, 3.8) is 0 Å². The van der Waals surface area contributed by atoms with Crippen molar-refractivity contribution < 1.29 is 8.42 Å². The number of nitrogens with one attached hydrogen (secondary N) is 2. The summed E-state index contributed by atoms with van der Waals surface area (Å²) in [5.74, 6) is 1.00. The molecule has 126 valence electrons. The molecule has 0 saturated heterocycles. The van der Waals surface area contributed by atoms with Crippen molar-refractivity contribution in [3.05, 3.63) is 16.8 Å². The van der Waals surface area contributed by atoms with Gasteiger partial charge < -0.3 is 5.32 Å². The second kappa shape index (κ2) is 7.11. The van der Waals surface area contributed by atoms with E-state index in [9.17, 15) is 8.42 Å². The van der Waals surface area contributed by atoms with Crippen LogP contribution >= 0.6 is 11.3 Å².